The quantitative estimate of drug-likeness (QED) is 0.627. The zero-order valence-electron chi connectivity index (χ0n) is 12.2. The van der Waals surface area contributed by atoms with Crippen molar-refractivity contribution in [2.75, 3.05) is 46.8 Å². The van der Waals surface area contributed by atoms with Crippen LogP contribution in [0.4, 0.5) is 0 Å². The van der Waals surface area contributed by atoms with Crippen molar-refractivity contribution >= 4 is 0 Å². The Bertz CT molecular complexity index is 190. The number of hydrogen-bond acceptors (Lipinski definition) is 3. The summed E-state index contributed by atoms with van der Waals surface area (Å²) in [6.07, 6.45) is 4.05. The topological polar surface area (TPSA) is 18.5 Å². The minimum absolute atomic E-state index is 0.768. The molecule has 0 aromatic rings. The first kappa shape index (κ1) is 14.9. The molecule has 0 aromatic carbocycles. The Balaban J connectivity index is 2.15. The molecule has 1 aliphatic rings. The van der Waals surface area contributed by atoms with Crippen LogP contribution in [0.3, 0.4) is 0 Å². The van der Waals surface area contributed by atoms with Crippen LogP contribution in [0.25, 0.3) is 0 Å². The van der Waals surface area contributed by atoms with Gasteiger partial charge < -0.3 is 15.1 Å². The van der Waals surface area contributed by atoms with Crippen LogP contribution in [-0.4, -0.2) is 62.7 Å². The fraction of sp³-hybridized carbons (Fsp3) is 1.00. The van der Waals surface area contributed by atoms with Gasteiger partial charge in [0.2, 0.25) is 0 Å². The Morgan fingerprint density at radius 1 is 1.18 bits per heavy atom. The Morgan fingerprint density at radius 3 is 2.41 bits per heavy atom. The third kappa shape index (κ3) is 7.74. The van der Waals surface area contributed by atoms with E-state index in [-0.39, 0.29) is 0 Å². The smallest absolute Gasteiger partial charge is 0.0109 e. The van der Waals surface area contributed by atoms with E-state index in [1.54, 1.807) is 0 Å². The standard InChI is InChI=1S/C14H31N3/c1-5-8-17(10-9-16(3)4)12-13(2)11-15-14-6-7-14/h13-15H,5-12H2,1-4H3. The molecule has 0 aliphatic heterocycles. The van der Waals surface area contributed by atoms with E-state index in [0.29, 0.717) is 0 Å². The van der Waals surface area contributed by atoms with E-state index in [2.05, 4.69) is 43.1 Å². The van der Waals surface area contributed by atoms with Crippen LogP contribution >= 0.6 is 0 Å². The molecule has 0 radical (unpaired) electrons. The summed E-state index contributed by atoms with van der Waals surface area (Å²) in [5.74, 6) is 0.768. The van der Waals surface area contributed by atoms with Gasteiger partial charge in [-0.2, -0.15) is 0 Å². The predicted octanol–water partition coefficient (Wildman–Crippen LogP) is 1.65. The van der Waals surface area contributed by atoms with Crippen LogP contribution in [0.1, 0.15) is 33.1 Å². The lowest BCUT2D eigenvalue weighted by Gasteiger charge is -2.26. The van der Waals surface area contributed by atoms with Gasteiger partial charge in [-0.05, 0) is 52.4 Å². The second kappa shape index (κ2) is 8.06. The summed E-state index contributed by atoms with van der Waals surface area (Å²) < 4.78 is 0. The van der Waals surface area contributed by atoms with E-state index in [4.69, 9.17) is 0 Å². The molecular formula is C14H31N3. The fourth-order valence-electron chi connectivity index (χ4n) is 2.11. The number of nitrogens with one attached hydrogen (secondary N) is 1. The minimum atomic E-state index is 0.768. The monoisotopic (exact) mass is 241 g/mol. The van der Waals surface area contributed by atoms with E-state index >= 15 is 0 Å². The van der Waals surface area contributed by atoms with E-state index in [0.717, 1.165) is 12.0 Å². The lowest BCUT2D eigenvalue weighted by Crippen LogP contribution is -2.38. The summed E-state index contributed by atoms with van der Waals surface area (Å²) in [4.78, 5) is 4.88. The van der Waals surface area contributed by atoms with Crippen LogP contribution in [0.15, 0.2) is 0 Å². The third-order valence-corrected chi connectivity index (χ3v) is 3.31. The van der Waals surface area contributed by atoms with Gasteiger partial charge in [-0.15, -0.1) is 0 Å². The van der Waals surface area contributed by atoms with E-state index in [1.165, 1.54) is 52.0 Å². The molecule has 1 fully saturated rings. The maximum absolute atomic E-state index is 3.63. The summed E-state index contributed by atoms with van der Waals surface area (Å²) >= 11 is 0. The largest absolute Gasteiger partial charge is 0.314 e. The SMILES string of the molecule is CCCN(CCN(C)C)CC(C)CNC1CC1. The Kier molecular flexibility index (Phi) is 7.09. The van der Waals surface area contributed by atoms with Gasteiger partial charge in [0.1, 0.15) is 0 Å². The molecule has 0 aromatic heterocycles. The molecule has 17 heavy (non-hydrogen) atoms. The highest BCUT2D eigenvalue weighted by atomic mass is 15.2. The number of likely N-dealkylation sites (N-methyl/N-ethyl adjacent to an activating group) is 1. The number of rotatable bonds is 10. The van der Waals surface area contributed by atoms with Crippen molar-refractivity contribution in [3.63, 3.8) is 0 Å². The van der Waals surface area contributed by atoms with Gasteiger partial charge in [0, 0.05) is 25.7 Å². The van der Waals surface area contributed by atoms with Crippen molar-refractivity contribution in [3.8, 4) is 0 Å². The fourth-order valence-corrected chi connectivity index (χ4v) is 2.11. The molecule has 102 valence electrons. The molecule has 0 spiro atoms. The van der Waals surface area contributed by atoms with Crippen molar-refractivity contribution in [2.24, 2.45) is 5.92 Å². The molecule has 3 heteroatoms. The molecular weight excluding hydrogens is 210 g/mol. The van der Waals surface area contributed by atoms with Crippen LogP contribution in [-0.2, 0) is 0 Å². The predicted molar refractivity (Wildman–Crippen MR) is 75.5 cm³/mol. The molecule has 0 amide bonds. The zero-order chi connectivity index (χ0) is 12.7. The van der Waals surface area contributed by atoms with Crippen LogP contribution in [0.2, 0.25) is 0 Å². The zero-order valence-corrected chi connectivity index (χ0v) is 12.2. The molecule has 1 N–H and O–H groups in total. The van der Waals surface area contributed by atoms with Crippen molar-refractivity contribution < 1.29 is 0 Å². The van der Waals surface area contributed by atoms with Gasteiger partial charge in [-0.3, -0.25) is 0 Å². The molecule has 0 heterocycles. The van der Waals surface area contributed by atoms with Crippen molar-refractivity contribution in [1.82, 2.24) is 15.1 Å². The highest BCUT2D eigenvalue weighted by molar-refractivity contribution is 4.81. The first-order valence-electron chi connectivity index (χ1n) is 7.22. The van der Waals surface area contributed by atoms with E-state index < -0.39 is 0 Å². The molecule has 0 saturated heterocycles. The molecule has 1 atom stereocenters. The second-order valence-electron chi connectivity index (χ2n) is 5.89. The van der Waals surface area contributed by atoms with Crippen LogP contribution in [0.5, 0.6) is 0 Å². The third-order valence-electron chi connectivity index (χ3n) is 3.31. The van der Waals surface area contributed by atoms with Gasteiger partial charge >= 0.3 is 0 Å². The molecule has 1 unspecified atom stereocenters. The first-order valence-corrected chi connectivity index (χ1v) is 7.22. The Morgan fingerprint density at radius 2 is 1.88 bits per heavy atom. The van der Waals surface area contributed by atoms with Gasteiger partial charge in [0.25, 0.3) is 0 Å². The highest BCUT2D eigenvalue weighted by Crippen LogP contribution is 2.18. The van der Waals surface area contributed by atoms with Crippen molar-refractivity contribution in [3.05, 3.63) is 0 Å². The van der Waals surface area contributed by atoms with Gasteiger partial charge in [0.15, 0.2) is 0 Å². The normalized spacial score (nSPS) is 18.0. The van der Waals surface area contributed by atoms with Gasteiger partial charge in [0.05, 0.1) is 0 Å². The van der Waals surface area contributed by atoms with Crippen LogP contribution in [0, 0.1) is 5.92 Å². The van der Waals surface area contributed by atoms with Gasteiger partial charge in [-0.25, -0.2) is 0 Å². The summed E-state index contributed by atoms with van der Waals surface area (Å²) in [7, 11) is 4.31. The minimum Gasteiger partial charge on any atom is -0.314 e. The molecule has 0 bridgehead atoms. The second-order valence-corrected chi connectivity index (χ2v) is 5.89. The Labute approximate surface area is 108 Å². The average molecular weight is 241 g/mol. The highest BCUT2D eigenvalue weighted by Gasteiger charge is 2.21. The summed E-state index contributed by atoms with van der Waals surface area (Å²) in [6, 6.07) is 0.846. The maximum atomic E-state index is 3.63. The first-order chi connectivity index (χ1) is 8.11. The van der Waals surface area contributed by atoms with Crippen LogP contribution < -0.4 is 5.32 Å². The van der Waals surface area contributed by atoms with Crippen molar-refractivity contribution in [2.45, 2.75) is 39.2 Å². The summed E-state index contributed by atoms with van der Waals surface area (Å²) in [6.45, 7) is 10.7. The summed E-state index contributed by atoms with van der Waals surface area (Å²) in [5, 5.41) is 3.63. The van der Waals surface area contributed by atoms with E-state index in [1.807, 2.05) is 0 Å². The van der Waals surface area contributed by atoms with Gasteiger partial charge in [-0.1, -0.05) is 13.8 Å². The molecule has 1 saturated carbocycles. The summed E-state index contributed by atoms with van der Waals surface area (Å²) in [5.41, 5.74) is 0. The van der Waals surface area contributed by atoms with E-state index in [9.17, 15) is 0 Å². The number of hydrogen-bond donors (Lipinski definition) is 1. The Hall–Kier alpha value is -0.120. The van der Waals surface area contributed by atoms with Crippen molar-refractivity contribution in [1.29, 1.82) is 0 Å². The molecule has 1 rings (SSSR count). The maximum Gasteiger partial charge on any atom is 0.0109 e. The molecule has 3 nitrogen and oxygen atoms in total. The number of nitrogens with zero attached hydrogens (tertiary/aromatic N) is 2. The lowest BCUT2D eigenvalue weighted by molar-refractivity contribution is 0.212. The molecule has 1 aliphatic carbocycles. The lowest BCUT2D eigenvalue weighted by atomic mass is 10.1. The average Bonchev–Trinajstić information content (AvgIpc) is 3.07.